The summed E-state index contributed by atoms with van der Waals surface area (Å²) in [4.78, 5) is 28.1. The maximum Gasteiger partial charge on any atom is 0.337 e. The van der Waals surface area contributed by atoms with Crippen molar-refractivity contribution in [3.8, 4) is 17.4 Å². The Morgan fingerprint density at radius 3 is 2.73 bits per heavy atom. The molecule has 0 saturated heterocycles. The zero-order chi connectivity index (χ0) is 21.5. The number of furan rings is 1. The lowest BCUT2D eigenvalue weighted by Crippen LogP contribution is -2.13. The van der Waals surface area contributed by atoms with Crippen LogP contribution in [0.2, 0.25) is 0 Å². The van der Waals surface area contributed by atoms with Gasteiger partial charge in [0.2, 0.25) is 10.3 Å². The zero-order valence-corrected chi connectivity index (χ0v) is 17.7. The largest absolute Gasteiger partial charge is 0.465 e. The van der Waals surface area contributed by atoms with Crippen LogP contribution in [0.3, 0.4) is 0 Å². The SMILES string of the molecule is CCSc1nsc(NC(=O)C(C#N)=Cc2ccc(-c3ccc(C(=O)OC)cc3)o2)n1. The number of hydrogen-bond acceptors (Lipinski definition) is 9. The predicted molar refractivity (Wildman–Crippen MR) is 114 cm³/mol. The minimum atomic E-state index is -0.595. The molecule has 8 nitrogen and oxygen atoms in total. The second-order valence-corrected chi connectivity index (χ2v) is 7.69. The predicted octanol–water partition coefficient (Wildman–Crippen LogP) is 4.24. The van der Waals surface area contributed by atoms with Crippen LogP contribution in [0.15, 0.2) is 51.5 Å². The molecule has 1 N–H and O–H groups in total. The third kappa shape index (κ3) is 5.14. The van der Waals surface area contributed by atoms with E-state index in [1.807, 2.05) is 13.0 Å². The molecular weight excluding hydrogens is 424 g/mol. The van der Waals surface area contributed by atoms with Crippen molar-refractivity contribution in [3.05, 3.63) is 53.3 Å². The molecule has 1 aromatic carbocycles. The van der Waals surface area contributed by atoms with E-state index < -0.39 is 11.9 Å². The van der Waals surface area contributed by atoms with Gasteiger partial charge in [-0.2, -0.15) is 14.6 Å². The van der Waals surface area contributed by atoms with Gasteiger partial charge in [0.25, 0.3) is 5.91 Å². The van der Waals surface area contributed by atoms with Crippen LogP contribution in [0.1, 0.15) is 23.0 Å². The van der Waals surface area contributed by atoms with Crippen molar-refractivity contribution in [2.24, 2.45) is 0 Å². The number of nitrogens with one attached hydrogen (secondary N) is 1. The molecule has 3 rings (SSSR count). The van der Waals surface area contributed by atoms with Gasteiger partial charge in [0, 0.05) is 23.2 Å². The Hall–Kier alpha value is -3.42. The maximum absolute atomic E-state index is 12.4. The Labute approximate surface area is 180 Å². The number of carbonyl (C=O) groups excluding carboxylic acids is 2. The fourth-order valence-electron chi connectivity index (χ4n) is 2.38. The van der Waals surface area contributed by atoms with Crippen LogP contribution < -0.4 is 5.32 Å². The fourth-order valence-corrected chi connectivity index (χ4v) is 3.64. The summed E-state index contributed by atoms with van der Waals surface area (Å²) in [7, 11) is 1.32. The van der Waals surface area contributed by atoms with Crippen molar-refractivity contribution in [3.63, 3.8) is 0 Å². The smallest absolute Gasteiger partial charge is 0.337 e. The third-order valence-corrected chi connectivity index (χ3v) is 5.25. The molecule has 0 spiro atoms. The van der Waals surface area contributed by atoms with Crippen molar-refractivity contribution >= 4 is 46.4 Å². The third-order valence-electron chi connectivity index (χ3n) is 3.77. The number of ether oxygens (including phenoxy) is 1. The molecule has 0 radical (unpaired) electrons. The second kappa shape index (κ2) is 9.87. The molecule has 0 atom stereocenters. The molecule has 0 bridgehead atoms. The van der Waals surface area contributed by atoms with Gasteiger partial charge >= 0.3 is 5.97 Å². The Morgan fingerprint density at radius 1 is 1.30 bits per heavy atom. The van der Waals surface area contributed by atoms with E-state index in [1.165, 1.54) is 24.9 Å². The monoisotopic (exact) mass is 440 g/mol. The standard InChI is InChI=1S/C20H16N4O4S2/c1-3-29-20-23-19(30-24-20)22-17(25)14(11-21)10-15-8-9-16(28-15)12-4-6-13(7-5-12)18(26)27-2/h4-10H,3H2,1-2H3,(H,22,23,24,25). The Kier molecular flexibility index (Phi) is 7.00. The van der Waals surface area contributed by atoms with Crippen LogP contribution in [-0.2, 0) is 9.53 Å². The van der Waals surface area contributed by atoms with Crippen LogP contribution in [-0.4, -0.2) is 34.1 Å². The van der Waals surface area contributed by atoms with Gasteiger partial charge in [-0.15, -0.1) is 0 Å². The molecule has 30 heavy (non-hydrogen) atoms. The van der Waals surface area contributed by atoms with Gasteiger partial charge in [0.05, 0.1) is 12.7 Å². The number of anilines is 1. The molecule has 152 valence electrons. The lowest BCUT2D eigenvalue weighted by molar-refractivity contribution is -0.112. The van der Waals surface area contributed by atoms with Gasteiger partial charge in [-0.3, -0.25) is 10.1 Å². The summed E-state index contributed by atoms with van der Waals surface area (Å²) in [6, 6.07) is 11.9. The number of benzene rings is 1. The molecule has 2 aromatic heterocycles. The van der Waals surface area contributed by atoms with E-state index in [-0.39, 0.29) is 5.57 Å². The summed E-state index contributed by atoms with van der Waals surface area (Å²) < 4.78 is 14.5. The van der Waals surface area contributed by atoms with Crippen molar-refractivity contribution in [1.29, 1.82) is 5.26 Å². The molecular formula is C20H16N4O4S2. The first-order valence-corrected chi connectivity index (χ1v) is 10.5. The van der Waals surface area contributed by atoms with Gasteiger partial charge in [-0.05, 0) is 30.0 Å². The van der Waals surface area contributed by atoms with E-state index in [4.69, 9.17) is 4.42 Å². The molecule has 0 unspecified atom stereocenters. The van der Waals surface area contributed by atoms with Gasteiger partial charge in [-0.25, -0.2) is 4.79 Å². The zero-order valence-electron chi connectivity index (χ0n) is 16.0. The summed E-state index contributed by atoms with van der Waals surface area (Å²) in [5.41, 5.74) is 1.03. The van der Waals surface area contributed by atoms with E-state index in [9.17, 15) is 14.9 Å². The Bertz CT molecular complexity index is 1130. The molecule has 3 aromatic rings. The second-order valence-electron chi connectivity index (χ2n) is 5.71. The number of esters is 1. The normalized spacial score (nSPS) is 11.0. The lowest BCUT2D eigenvalue weighted by atomic mass is 10.1. The Balaban J connectivity index is 1.73. The van der Waals surface area contributed by atoms with Gasteiger partial charge in [0.1, 0.15) is 23.2 Å². The van der Waals surface area contributed by atoms with E-state index in [1.54, 1.807) is 36.4 Å². The average molecular weight is 441 g/mol. The first-order valence-electron chi connectivity index (χ1n) is 8.72. The van der Waals surface area contributed by atoms with Crippen LogP contribution >= 0.6 is 23.3 Å². The first kappa shape index (κ1) is 21.3. The molecule has 0 aliphatic rings. The van der Waals surface area contributed by atoms with E-state index in [0.717, 1.165) is 22.8 Å². The number of amides is 1. The molecule has 0 fully saturated rings. The van der Waals surface area contributed by atoms with Crippen LogP contribution in [0.25, 0.3) is 17.4 Å². The summed E-state index contributed by atoms with van der Waals surface area (Å²) in [5.74, 6) is 0.667. The average Bonchev–Trinajstić information content (AvgIpc) is 3.41. The van der Waals surface area contributed by atoms with E-state index in [0.29, 0.717) is 27.4 Å². The number of hydrogen-bond donors (Lipinski definition) is 1. The minimum Gasteiger partial charge on any atom is -0.465 e. The highest BCUT2D eigenvalue weighted by molar-refractivity contribution is 7.99. The first-order chi connectivity index (χ1) is 14.5. The molecule has 0 saturated carbocycles. The quantitative estimate of drug-likeness (QED) is 0.251. The number of nitriles is 1. The highest BCUT2D eigenvalue weighted by atomic mass is 32.2. The number of methoxy groups -OCH3 is 1. The van der Waals surface area contributed by atoms with Crippen LogP contribution in [0.5, 0.6) is 0 Å². The van der Waals surface area contributed by atoms with Crippen molar-refractivity contribution < 1.29 is 18.7 Å². The van der Waals surface area contributed by atoms with E-state index >= 15 is 0 Å². The van der Waals surface area contributed by atoms with Gasteiger partial charge in [-0.1, -0.05) is 30.8 Å². The minimum absolute atomic E-state index is 0.128. The van der Waals surface area contributed by atoms with Crippen LogP contribution in [0.4, 0.5) is 5.13 Å². The number of carbonyl (C=O) groups is 2. The van der Waals surface area contributed by atoms with Crippen molar-refractivity contribution in [2.75, 3.05) is 18.2 Å². The molecule has 2 heterocycles. The summed E-state index contributed by atoms with van der Waals surface area (Å²) in [5, 5.41) is 12.8. The lowest BCUT2D eigenvalue weighted by Gasteiger charge is -2.01. The Morgan fingerprint density at radius 2 is 2.07 bits per heavy atom. The van der Waals surface area contributed by atoms with E-state index in [2.05, 4.69) is 19.4 Å². The van der Waals surface area contributed by atoms with Gasteiger partial charge in [0.15, 0.2) is 0 Å². The highest BCUT2D eigenvalue weighted by Gasteiger charge is 2.14. The number of thioether (sulfide) groups is 1. The van der Waals surface area contributed by atoms with Gasteiger partial charge < -0.3 is 9.15 Å². The number of rotatable bonds is 7. The number of aromatic nitrogens is 2. The highest BCUT2D eigenvalue weighted by Crippen LogP contribution is 2.25. The van der Waals surface area contributed by atoms with Crippen molar-refractivity contribution in [2.45, 2.75) is 12.1 Å². The number of nitrogens with zero attached hydrogens (tertiary/aromatic N) is 3. The summed E-state index contributed by atoms with van der Waals surface area (Å²) >= 11 is 2.51. The molecule has 1 amide bonds. The fraction of sp³-hybridized carbons (Fsp3) is 0.150. The molecule has 10 heteroatoms. The maximum atomic E-state index is 12.4. The van der Waals surface area contributed by atoms with Crippen LogP contribution in [0, 0.1) is 11.3 Å². The summed E-state index contributed by atoms with van der Waals surface area (Å²) in [6.07, 6.45) is 1.35. The molecule has 0 aliphatic heterocycles. The summed E-state index contributed by atoms with van der Waals surface area (Å²) in [6.45, 7) is 1.98. The molecule has 0 aliphatic carbocycles. The van der Waals surface area contributed by atoms with Crippen molar-refractivity contribution in [1.82, 2.24) is 9.36 Å². The topological polar surface area (TPSA) is 118 Å².